The number of hydrogen-bond donors (Lipinski definition) is 0. The number of halogens is 2. The molecule has 1 heterocycles. The van der Waals surface area contributed by atoms with E-state index in [0.29, 0.717) is 26.2 Å². The van der Waals surface area contributed by atoms with Crippen molar-refractivity contribution in [2.45, 2.75) is 10.7 Å². The molecule has 1 saturated heterocycles. The summed E-state index contributed by atoms with van der Waals surface area (Å²) in [6.07, 6.45) is 0. The third-order valence-corrected chi connectivity index (χ3v) is 6.07. The number of anilines is 1. The molecule has 28 heavy (non-hydrogen) atoms. The number of carbonyl (C=O) groups is 1. The largest absolute Gasteiger partial charge is 0.497 e. The lowest BCUT2D eigenvalue weighted by molar-refractivity contribution is 0.0746. The minimum Gasteiger partial charge on any atom is -0.497 e. The van der Waals surface area contributed by atoms with Crippen LogP contribution >= 0.6 is 0 Å². The fourth-order valence-electron chi connectivity index (χ4n) is 3.03. The summed E-state index contributed by atoms with van der Waals surface area (Å²) < 4.78 is 53.3. The van der Waals surface area contributed by atoms with Gasteiger partial charge in [0.15, 0.2) is 0 Å². The Bertz CT molecular complexity index is 923. The van der Waals surface area contributed by atoms with Gasteiger partial charge < -0.3 is 14.5 Å². The lowest BCUT2D eigenvalue weighted by atomic mass is 10.1. The van der Waals surface area contributed by atoms with Gasteiger partial charge in [-0.15, -0.1) is 0 Å². The summed E-state index contributed by atoms with van der Waals surface area (Å²) in [5, 5.41) is 0. The fraction of sp³-hybridized carbons (Fsp3) is 0.316. The van der Waals surface area contributed by atoms with Crippen LogP contribution < -0.4 is 9.64 Å². The van der Waals surface area contributed by atoms with Gasteiger partial charge in [0, 0.05) is 37.4 Å². The highest BCUT2D eigenvalue weighted by Crippen LogP contribution is 2.22. The van der Waals surface area contributed by atoms with E-state index in [1.807, 2.05) is 24.3 Å². The van der Waals surface area contributed by atoms with E-state index in [2.05, 4.69) is 4.90 Å². The van der Waals surface area contributed by atoms with Gasteiger partial charge in [0.2, 0.25) is 9.84 Å². The monoisotopic (exact) mass is 410 g/mol. The van der Waals surface area contributed by atoms with E-state index in [1.165, 1.54) is 12.1 Å². The second-order valence-electron chi connectivity index (χ2n) is 6.31. The van der Waals surface area contributed by atoms with Crippen LogP contribution in [0.4, 0.5) is 14.5 Å². The predicted octanol–water partition coefficient (Wildman–Crippen LogP) is 2.65. The van der Waals surface area contributed by atoms with E-state index >= 15 is 0 Å². The Morgan fingerprint density at radius 2 is 1.54 bits per heavy atom. The fourth-order valence-corrected chi connectivity index (χ4v) is 3.75. The highest BCUT2D eigenvalue weighted by molar-refractivity contribution is 7.91. The van der Waals surface area contributed by atoms with Crippen LogP contribution in [0.15, 0.2) is 53.4 Å². The number of rotatable bonds is 5. The van der Waals surface area contributed by atoms with Crippen LogP contribution in [0.25, 0.3) is 0 Å². The maximum Gasteiger partial charge on any atom is 0.341 e. The molecule has 150 valence electrons. The number of hydrogen-bond acceptors (Lipinski definition) is 5. The molecule has 1 aliphatic heterocycles. The molecular formula is C19H20F2N2O4S. The molecule has 0 radical (unpaired) electrons. The zero-order chi connectivity index (χ0) is 20.3. The Labute approximate surface area is 162 Å². The van der Waals surface area contributed by atoms with Gasteiger partial charge in [-0.1, -0.05) is 0 Å². The zero-order valence-corrected chi connectivity index (χ0v) is 16.0. The number of piperazine rings is 1. The number of ether oxygens (including phenoxy) is 1. The maximum absolute atomic E-state index is 12.6. The Hall–Kier alpha value is -2.68. The summed E-state index contributed by atoms with van der Waals surface area (Å²) in [4.78, 5) is 15.9. The molecule has 0 saturated carbocycles. The summed E-state index contributed by atoms with van der Waals surface area (Å²) >= 11 is 0. The number of methoxy groups -OCH3 is 1. The maximum atomic E-state index is 12.6. The van der Waals surface area contributed by atoms with Crippen molar-refractivity contribution < 1.29 is 26.7 Å². The number of amides is 1. The molecule has 0 N–H and O–H groups in total. The molecule has 2 aromatic rings. The second kappa shape index (κ2) is 8.14. The minimum atomic E-state index is -4.66. The van der Waals surface area contributed by atoms with Crippen molar-refractivity contribution in [3.63, 3.8) is 0 Å². The summed E-state index contributed by atoms with van der Waals surface area (Å²) in [5.41, 5.74) is 1.31. The molecule has 0 unspecified atom stereocenters. The van der Waals surface area contributed by atoms with E-state index in [0.717, 1.165) is 23.6 Å². The third-order valence-electron chi connectivity index (χ3n) is 4.67. The van der Waals surface area contributed by atoms with Gasteiger partial charge in [-0.25, -0.2) is 8.42 Å². The average Bonchev–Trinajstić information content (AvgIpc) is 2.73. The van der Waals surface area contributed by atoms with Crippen LogP contribution in [0.3, 0.4) is 0 Å². The van der Waals surface area contributed by atoms with E-state index in [1.54, 1.807) is 12.0 Å². The van der Waals surface area contributed by atoms with E-state index in [4.69, 9.17) is 4.74 Å². The molecule has 1 fully saturated rings. The number of sulfone groups is 1. The number of nitrogens with zero attached hydrogens (tertiary/aromatic N) is 2. The Balaban J connectivity index is 1.63. The van der Waals surface area contributed by atoms with Crippen LogP contribution in [-0.4, -0.2) is 58.3 Å². The van der Waals surface area contributed by atoms with Crippen LogP contribution in [0.2, 0.25) is 0 Å². The molecule has 0 spiro atoms. The van der Waals surface area contributed by atoms with Gasteiger partial charge >= 0.3 is 5.76 Å². The Kier molecular flexibility index (Phi) is 5.83. The van der Waals surface area contributed by atoms with Gasteiger partial charge in [-0.2, -0.15) is 8.78 Å². The van der Waals surface area contributed by atoms with Gasteiger partial charge in [0.05, 0.1) is 12.0 Å². The summed E-state index contributed by atoms with van der Waals surface area (Å²) in [5.74, 6) is -2.97. The van der Waals surface area contributed by atoms with E-state index < -0.39 is 20.5 Å². The molecule has 1 aliphatic rings. The lowest BCUT2D eigenvalue weighted by Crippen LogP contribution is -2.48. The highest BCUT2D eigenvalue weighted by Gasteiger charge is 2.27. The summed E-state index contributed by atoms with van der Waals surface area (Å²) in [6, 6.07) is 12.3. The van der Waals surface area contributed by atoms with Gasteiger partial charge in [0.25, 0.3) is 5.91 Å². The first-order chi connectivity index (χ1) is 13.3. The van der Waals surface area contributed by atoms with E-state index in [9.17, 15) is 22.0 Å². The molecule has 2 aromatic carbocycles. The topological polar surface area (TPSA) is 66.9 Å². The Morgan fingerprint density at radius 1 is 0.964 bits per heavy atom. The standard InChI is InChI=1S/C19H20F2N2O4S/c1-27-16-6-4-15(5-7-16)22-10-12-23(13-11-22)18(24)14-2-8-17(9-3-14)28(25,26)19(20)21/h2-9,19H,10-13H2,1H3. The van der Waals surface area contributed by atoms with Gasteiger partial charge in [-0.05, 0) is 48.5 Å². The van der Waals surface area contributed by atoms with Crippen molar-refractivity contribution in [2.75, 3.05) is 38.2 Å². The van der Waals surface area contributed by atoms with Crippen molar-refractivity contribution in [2.24, 2.45) is 0 Å². The first kappa shape index (κ1) is 20.1. The zero-order valence-electron chi connectivity index (χ0n) is 15.2. The SMILES string of the molecule is COc1ccc(N2CCN(C(=O)c3ccc(S(=O)(=O)C(F)F)cc3)CC2)cc1. The quantitative estimate of drug-likeness (QED) is 0.758. The molecule has 3 rings (SSSR count). The lowest BCUT2D eigenvalue weighted by Gasteiger charge is -2.36. The number of alkyl halides is 2. The normalized spacial score (nSPS) is 15.0. The highest BCUT2D eigenvalue weighted by atomic mass is 32.2. The van der Waals surface area contributed by atoms with Gasteiger partial charge in [-0.3, -0.25) is 4.79 Å². The average molecular weight is 410 g/mol. The smallest absolute Gasteiger partial charge is 0.341 e. The summed E-state index contributed by atoms with van der Waals surface area (Å²) in [7, 11) is -3.06. The third kappa shape index (κ3) is 4.09. The van der Waals surface area contributed by atoms with Crippen LogP contribution in [-0.2, 0) is 9.84 Å². The van der Waals surface area contributed by atoms with Crippen molar-refractivity contribution in [3.05, 3.63) is 54.1 Å². The van der Waals surface area contributed by atoms with Crippen molar-refractivity contribution in [1.29, 1.82) is 0 Å². The van der Waals surface area contributed by atoms with Crippen LogP contribution in [0, 0.1) is 0 Å². The van der Waals surface area contributed by atoms with Gasteiger partial charge in [0.1, 0.15) is 5.75 Å². The molecule has 0 bridgehead atoms. The molecule has 9 heteroatoms. The van der Waals surface area contributed by atoms with Crippen molar-refractivity contribution in [1.82, 2.24) is 4.90 Å². The molecular weight excluding hydrogens is 390 g/mol. The van der Waals surface area contributed by atoms with E-state index in [-0.39, 0.29) is 11.5 Å². The Morgan fingerprint density at radius 3 is 2.04 bits per heavy atom. The van der Waals surface area contributed by atoms with Crippen molar-refractivity contribution in [3.8, 4) is 5.75 Å². The molecule has 0 aliphatic carbocycles. The molecule has 0 aromatic heterocycles. The second-order valence-corrected chi connectivity index (χ2v) is 8.23. The molecule has 6 nitrogen and oxygen atoms in total. The predicted molar refractivity (Wildman–Crippen MR) is 101 cm³/mol. The first-order valence-electron chi connectivity index (χ1n) is 8.63. The first-order valence-corrected chi connectivity index (χ1v) is 10.2. The minimum absolute atomic E-state index is 0.254. The van der Waals surface area contributed by atoms with Crippen molar-refractivity contribution >= 4 is 21.4 Å². The number of carbonyl (C=O) groups excluding carboxylic acids is 1. The van der Waals surface area contributed by atoms with Crippen LogP contribution in [0.5, 0.6) is 5.75 Å². The number of benzene rings is 2. The van der Waals surface area contributed by atoms with Crippen LogP contribution in [0.1, 0.15) is 10.4 Å². The summed E-state index contributed by atoms with van der Waals surface area (Å²) in [6.45, 7) is 2.30. The molecule has 0 atom stereocenters. The molecule has 1 amide bonds.